The molecule has 1 aliphatic heterocycles. The Kier molecular flexibility index (Phi) is 3.78. The number of aromatic nitrogens is 2. The lowest BCUT2D eigenvalue weighted by Gasteiger charge is -2.19. The van der Waals surface area contributed by atoms with Gasteiger partial charge in [0.25, 0.3) is 0 Å². The van der Waals surface area contributed by atoms with E-state index in [1.807, 2.05) is 55.5 Å². The molecule has 0 fully saturated rings. The normalized spacial score (nSPS) is 12.5. The summed E-state index contributed by atoms with van der Waals surface area (Å²) in [6.45, 7) is 5.92. The Labute approximate surface area is 167 Å². The zero-order valence-electron chi connectivity index (χ0n) is 15.7. The van der Waals surface area contributed by atoms with Crippen LogP contribution < -0.4 is 5.32 Å². The molecule has 0 amide bonds. The van der Waals surface area contributed by atoms with Crippen molar-refractivity contribution in [2.75, 3.05) is 5.32 Å². The topological polar surface area (TPSA) is 74.7 Å². The second-order valence-electron chi connectivity index (χ2n) is 6.93. The Bertz CT molecular complexity index is 1370. The Hall–Kier alpha value is -4.17. The maximum absolute atomic E-state index is 9.47. The van der Waals surface area contributed by atoms with Gasteiger partial charge in [-0.2, -0.15) is 5.26 Å². The molecule has 0 aliphatic carbocycles. The van der Waals surface area contributed by atoms with E-state index in [4.69, 9.17) is 9.40 Å². The summed E-state index contributed by atoms with van der Waals surface area (Å²) in [6.07, 6.45) is 5.37. The van der Waals surface area contributed by atoms with Crippen LogP contribution in [0.3, 0.4) is 0 Å². The van der Waals surface area contributed by atoms with Crippen molar-refractivity contribution in [3.8, 4) is 28.5 Å². The molecule has 0 unspecified atom stereocenters. The first-order valence-corrected chi connectivity index (χ1v) is 9.17. The van der Waals surface area contributed by atoms with Crippen LogP contribution in [0, 0.1) is 18.3 Å². The van der Waals surface area contributed by atoms with Crippen molar-refractivity contribution in [2.45, 2.75) is 6.92 Å². The standard InChI is InChI=1S/C24H16N4O/c1-14-6-7-17-10-20(16-8-9-21-22(11-16)29-13-26-21)23(28-24(17)27-14)19-5-3-4-18(12-25)15(19)2/h3-11,13H,1H2,2H3,(H,27,28). The SMILES string of the molecule is C=C1C=Cc2cc(-c3ccc4ncoc4c3)c(-c3cccc(C#N)c3C)nc2N1. The quantitative estimate of drug-likeness (QED) is 0.486. The number of nitrogens with zero attached hydrogens (tertiary/aromatic N) is 3. The fourth-order valence-corrected chi connectivity index (χ4v) is 3.60. The number of hydrogen-bond acceptors (Lipinski definition) is 5. The van der Waals surface area contributed by atoms with Gasteiger partial charge in [0.15, 0.2) is 12.0 Å². The zero-order chi connectivity index (χ0) is 20.0. The highest BCUT2D eigenvalue weighted by Gasteiger charge is 2.19. The second-order valence-corrected chi connectivity index (χ2v) is 6.93. The van der Waals surface area contributed by atoms with E-state index in [1.165, 1.54) is 6.39 Å². The Morgan fingerprint density at radius 2 is 2.00 bits per heavy atom. The third-order valence-corrected chi connectivity index (χ3v) is 5.15. The lowest BCUT2D eigenvalue weighted by molar-refractivity contribution is 0.602. The predicted octanol–water partition coefficient (Wildman–Crippen LogP) is 5.69. The largest absolute Gasteiger partial charge is 0.443 e. The monoisotopic (exact) mass is 376 g/mol. The molecule has 0 bridgehead atoms. The number of allylic oxidation sites excluding steroid dienone is 1. The Morgan fingerprint density at radius 3 is 2.86 bits per heavy atom. The van der Waals surface area contributed by atoms with E-state index in [0.29, 0.717) is 5.56 Å². The lowest BCUT2D eigenvalue weighted by atomic mass is 9.93. The summed E-state index contributed by atoms with van der Waals surface area (Å²) in [6, 6.07) is 16.0. The first-order chi connectivity index (χ1) is 14.1. The number of anilines is 1. The molecular formula is C24H16N4O. The van der Waals surface area contributed by atoms with Gasteiger partial charge in [-0.05, 0) is 54.5 Å². The molecule has 0 radical (unpaired) electrons. The fraction of sp³-hybridized carbons (Fsp3) is 0.0417. The molecule has 3 heterocycles. The molecule has 4 aromatic rings. The van der Waals surface area contributed by atoms with Gasteiger partial charge in [0, 0.05) is 22.4 Å². The number of rotatable bonds is 2. The number of oxazole rings is 1. The van der Waals surface area contributed by atoms with Gasteiger partial charge in [0.2, 0.25) is 0 Å². The van der Waals surface area contributed by atoms with Crippen molar-refractivity contribution in [1.82, 2.24) is 9.97 Å². The average molecular weight is 376 g/mol. The molecule has 1 N–H and O–H groups in total. The maximum atomic E-state index is 9.47. The first kappa shape index (κ1) is 17.0. The molecule has 0 spiro atoms. The van der Waals surface area contributed by atoms with Crippen LogP contribution in [0.5, 0.6) is 0 Å². The van der Waals surface area contributed by atoms with E-state index in [-0.39, 0.29) is 0 Å². The minimum atomic E-state index is 0.635. The van der Waals surface area contributed by atoms with Crippen molar-refractivity contribution in [2.24, 2.45) is 0 Å². The summed E-state index contributed by atoms with van der Waals surface area (Å²) in [5.74, 6) is 0.749. The smallest absolute Gasteiger partial charge is 0.181 e. The summed E-state index contributed by atoms with van der Waals surface area (Å²) >= 11 is 0. The number of fused-ring (bicyclic) bond motifs is 2. The van der Waals surface area contributed by atoms with Gasteiger partial charge >= 0.3 is 0 Å². The number of pyridine rings is 1. The molecular weight excluding hydrogens is 360 g/mol. The minimum Gasteiger partial charge on any atom is -0.443 e. The lowest BCUT2D eigenvalue weighted by Crippen LogP contribution is -2.06. The molecule has 0 atom stereocenters. The fourth-order valence-electron chi connectivity index (χ4n) is 3.60. The third kappa shape index (κ3) is 2.79. The number of hydrogen-bond donors (Lipinski definition) is 1. The van der Waals surface area contributed by atoms with Crippen LogP contribution in [0.4, 0.5) is 5.82 Å². The van der Waals surface area contributed by atoms with E-state index >= 15 is 0 Å². The summed E-state index contributed by atoms with van der Waals surface area (Å²) < 4.78 is 5.50. The van der Waals surface area contributed by atoms with E-state index in [9.17, 15) is 5.26 Å². The highest BCUT2D eigenvalue weighted by atomic mass is 16.3. The first-order valence-electron chi connectivity index (χ1n) is 9.17. The van der Waals surface area contributed by atoms with Gasteiger partial charge < -0.3 is 9.73 Å². The summed E-state index contributed by atoms with van der Waals surface area (Å²) in [4.78, 5) is 9.14. The molecule has 5 nitrogen and oxygen atoms in total. The molecule has 1 aliphatic rings. The van der Waals surface area contributed by atoms with E-state index in [0.717, 1.165) is 56.1 Å². The Balaban J connectivity index is 1.81. The van der Waals surface area contributed by atoms with Gasteiger partial charge in [-0.25, -0.2) is 9.97 Å². The summed E-state index contributed by atoms with van der Waals surface area (Å²) in [7, 11) is 0. The predicted molar refractivity (Wildman–Crippen MR) is 114 cm³/mol. The van der Waals surface area contributed by atoms with Gasteiger partial charge in [-0.1, -0.05) is 24.8 Å². The number of nitrogens with one attached hydrogen (secondary N) is 1. The Morgan fingerprint density at radius 1 is 1.10 bits per heavy atom. The molecule has 138 valence electrons. The summed E-state index contributed by atoms with van der Waals surface area (Å²) in [5, 5.41) is 12.7. The number of benzene rings is 2. The van der Waals surface area contributed by atoms with Crippen molar-refractivity contribution in [1.29, 1.82) is 5.26 Å². The molecule has 2 aromatic heterocycles. The second kappa shape index (κ2) is 6.47. The van der Waals surface area contributed by atoms with Crippen LogP contribution in [-0.4, -0.2) is 9.97 Å². The van der Waals surface area contributed by atoms with Crippen LogP contribution in [0.2, 0.25) is 0 Å². The van der Waals surface area contributed by atoms with Crippen LogP contribution >= 0.6 is 0 Å². The van der Waals surface area contributed by atoms with Crippen molar-refractivity contribution in [3.63, 3.8) is 0 Å². The highest BCUT2D eigenvalue weighted by molar-refractivity contribution is 5.90. The van der Waals surface area contributed by atoms with Crippen LogP contribution in [0.1, 0.15) is 16.7 Å². The zero-order valence-corrected chi connectivity index (χ0v) is 15.7. The minimum absolute atomic E-state index is 0.635. The summed E-state index contributed by atoms with van der Waals surface area (Å²) in [5.41, 5.74) is 8.47. The van der Waals surface area contributed by atoms with E-state index in [1.54, 1.807) is 0 Å². The van der Waals surface area contributed by atoms with Crippen LogP contribution in [0.15, 0.2) is 71.6 Å². The van der Waals surface area contributed by atoms with Gasteiger partial charge in [0.05, 0.1) is 17.3 Å². The molecule has 0 saturated carbocycles. The van der Waals surface area contributed by atoms with Gasteiger partial charge in [0.1, 0.15) is 11.3 Å². The molecule has 0 saturated heterocycles. The number of nitriles is 1. The molecule has 29 heavy (non-hydrogen) atoms. The third-order valence-electron chi connectivity index (χ3n) is 5.15. The average Bonchev–Trinajstić information content (AvgIpc) is 3.21. The molecule has 2 aromatic carbocycles. The van der Waals surface area contributed by atoms with Crippen LogP contribution in [0.25, 0.3) is 39.6 Å². The van der Waals surface area contributed by atoms with Gasteiger partial charge in [-0.3, -0.25) is 0 Å². The van der Waals surface area contributed by atoms with E-state index < -0.39 is 0 Å². The van der Waals surface area contributed by atoms with E-state index in [2.05, 4.69) is 29.0 Å². The van der Waals surface area contributed by atoms with Crippen molar-refractivity contribution < 1.29 is 4.42 Å². The maximum Gasteiger partial charge on any atom is 0.181 e. The van der Waals surface area contributed by atoms with Crippen molar-refractivity contribution in [3.05, 3.63) is 83.9 Å². The highest BCUT2D eigenvalue weighted by Crippen LogP contribution is 2.38. The molecule has 5 rings (SSSR count). The van der Waals surface area contributed by atoms with Crippen molar-refractivity contribution >= 4 is 23.0 Å². The molecule has 5 heteroatoms. The van der Waals surface area contributed by atoms with Crippen LogP contribution in [-0.2, 0) is 0 Å². The van der Waals surface area contributed by atoms with Gasteiger partial charge in [-0.15, -0.1) is 0 Å².